The fourth-order valence-corrected chi connectivity index (χ4v) is 2.62. The lowest BCUT2D eigenvalue weighted by Gasteiger charge is -2.24. The molecule has 2 saturated heterocycles. The number of nitrogens with zero attached hydrogens (tertiary/aromatic N) is 1. The molecule has 84 valence electrons. The fraction of sp³-hybridized carbons (Fsp3) is 0.818. The lowest BCUT2D eigenvalue weighted by atomic mass is 10.1. The predicted molar refractivity (Wildman–Crippen MR) is 56.1 cm³/mol. The van der Waals surface area contributed by atoms with Gasteiger partial charge in [0.05, 0.1) is 5.92 Å². The number of nitrogens with one attached hydrogen (secondary N) is 1. The maximum Gasteiger partial charge on any atom is 0.228 e. The van der Waals surface area contributed by atoms with E-state index in [9.17, 15) is 9.59 Å². The molecule has 2 amide bonds. The van der Waals surface area contributed by atoms with Gasteiger partial charge in [-0.05, 0) is 19.3 Å². The van der Waals surface area contributed by atoms with Crippen LogP contribution in [0.5, 0.6) is 0 Å². The van der Waals surface area contributed by atoms with Crippen molar-refractivity contribution in [2.75, 3.05) is 13.1 Å². The number of carbonyl (C=O) groups excluding carboxylic acids is 2. The Hall–Kier alpha value is -1.06. The van der Waals surface area contributed by atoms with Crippen LogP contribution in [0.4, 0.5) is 0 Å². The standard InChI is InChI=1S/C11H18N2O2/c1-7-3-8(2)13(6-7)11(15)9-4-10(14)12-5-9/h7-9H,3-6H2,1-2H3,(H,12,14). The van der Waals surface area contributed by atoms with Crippen molar-refractivity contribution in [3.8, 4) is 0 Å². The Morgan fingerprint density at radius 1 is 1.47 bits per heavy atom. The fourth-order valence-electron chi connectivity index (χ4n) is 2.62. The van der Waals surface area contributed by atoms with Gasteiger partial charge in [-0.1, -0.05) is 6.92 Å². The van der Waals surface area contributed by atoms with Gasteiger partial charge >= 0.3 is 0 Å². The number of hydrogen-bond acceptors (Lipinski definition) is 2. The Balaban J connectivity index is 1.99. The highest BCUT2D eigenvalue weighted by Gasteiger charge is 2.36. The molecule has 2 aliphatic rings. The molecule has 2 aliphatic heterocycles. The summed E-state index contributed by atoms with van der Waals surface area (Å²) in [5.74, 6) is 0.637. The minimum atomic E-state index is -0.120. The van der Waals surface area contributed by atoms with Crippen LogP contribution < -0.4 is 5.32 Å². The number of rotatable bonds is 1. The van der Waals surface area contributed by atoms with Crippen molar-refractivity contribution in [1.82, 2.24) is 10.2 Å². The molecule has 1 N–H and O–H groups in total. The zero-order valence-corrected chi connectivity index (χ0v) is 9.32. The van der Waals surface area contributed by atoms with Gasteiger partial charge in [0.25, 0.3) is 0 Å². The minimum Gasteiger partial charge on any atom is -0.355 e. The molecule has 0 spiro atoms. The van der Waals surface area contributed by atoms with Crippen molar-refractivity contribution in [3.63, 3.8) is 0 Å². The van der Waals surface area contributed by atoms with Crippen LogP contribution in [0.3, 0.4) is 0 Å². The van der Waals surface area contributed by atoms with Crippen molar-refractivity contribution in [2.45, 2.75) is 32.7 Å². The van der Waals surface area contributed by atoms with Crippen molar-refractivity contribution in [2.24, 2.45) is 11.8 Å². The second kappa shape index (κ2) is 3.83. The van der Waals surface area contributed by atoms with Gasteiger partial charge in [0.1, 0.15) is 0 Å². The third-order valence-corrected chi connectivity index (χ3v) is 3.39. The Bertz CT molecular complexity index is 290. The Labute approximate surface area is 90.0 Å². The maximum absolute atomic E-state index is 12.1. The van der Waals surface area contributed by atoms with Gasteiger partial charge in [-0.25, -0.2) is 0 Å². The summed E-state index contributed by atoms with van der Waals surface area (Å²) in [5, 5.41) is 2.71. The minimum absolute atomic E-state index is 0.00764. The Kier molecular flexibility index (Phi) is 2.67. The smallest absolute Gasteiger partial charge is 0.228 e. The molecule has 0 aliphatic carbocycles. The largest absolute Gasteiger partial charge is 0.355 e. The summed E-state index contributed by atoms with van der Waals surface area (Å²) in [7, 11) is 0. The normalized spacial score (nSPS) is 35.7. The molecular formula is C11H18N2O2. The summed E-state index contributed by atoms with van der Waals surface area (Å²) in [6.45, 7) is 5.63. The van der Waals surface area contributed by atoms with Gasteiger partial charge in [-0.2, -0.15) is 0 Å². The maximum atomic E-state index is 12.1. The van der Waals surface area contributed by atoms with Crippen LogP contribution in [0.15, 0.2) is 0 Å². The average molecular weight is 210 g/mol. The summed E-state index contributed by atoms with van der Waals surface area (Å²) in [6, 6.07) is 0.336. The molecule has 0 aromatic rings. The molecule has 4 heteroatoms. The quantitative estimate of drug-likeness (QED) is 0.680. The van der Waals surface area contributed by atoms with Crippen LogP contribution in [0.1, 0.15) is 26.7 Å². The van der Waals surface area contributed by atoms with E-state index in [0.717, 1.165) is 13.0 Å². The second-order valence-corrected chi connectivity index (χ2v) is 4.89. The zero-order chi connectivity index (χ0) is 11.0. The summed E-state index contributed by atoms with van der Waals surface area (Å²) >= 11 is 0. The third kappa shape index (κ3) is 1.98. The molecule has 3 atom stereocenters. The highest BCUT2D eigenvalue weighted by molar-refractivity contribution is 5.89. The van der Waals surface area contributed by atoms with E-state index >= 15 is 0 Å². The Morgan fingerprint density at radius 3 is 2.67 bits per heavy atom. The van der Waals surface area contributed by atoms with Gasteiger partial charge in [0.15, 0.2) is 0 Å². The first-order chi connectivity index (χ1) is 7.08. The van der Waals surface area contributed by atoms with Gasteiger partial charge in [-0.3, -0.25) is 9.59 Å². The van der Waals surface area contributed by atoms with E-state index < -0.39 is 0 Å². The topological polar surface area (TPSA) is 49.4 Å². The molecule has 2 heterocycles. The molecule has 3 unspecified atom stereocenters. The monoisotopic (exact) mass is 210 g/mol. The summed E-state index contributed by atoms with van der Waals surface area (Å²) in [5.41, 5.74) is 0. The lowest BCUT2D eigenvalue weighted by molar-refractivity contribution is -0.136. The highest BCUT2D eigenvalue weighted by Crippen LogP contribution is 2.25. The van der Waals surface area contributed by atoms with E-state index in [1.165, 1.54) is 0 Å². The third-order valence-electron chi connectivity index (χ3n) is 3.39. The van der Waals surface area contributed by atoms with E-state index in [0.29, 0.717) is 24.9 Å². The highest BCUT2D eigenvalue weighted by atomic mass is 16.2. The first-order valence-corrected chi connectivity index (χ1v) is 5.65. The van der Waals surface area contributed by atoms with Gasteiger partial charge < -0.3 is 10.2 Å². The molecule has 0 aromatic carbocycles. The molecule has 15 heavy (non-hydrogen) atoms. The molecule has 2 rings (SSSR count). The summed E-state index contributed by atoms with van der Waals surface area (Å²) in [6.07, 6.45) is 1.45. The number of carbonyl (C=O) groups is 2. The van der Waals surface area contributed by atoms with E-state index in [-0.39, 0.29) is 17.7 Å². The number of amides is 2. The van der Waals surface area contributed by atoms with Crippen molar-refractivity contribution < 1.29 is 9.59 Å². The first-order valence-electron chi connectivity index (χ1n) is 5.65. The second-order valence-electron chi connectivity index (χ2n) is 4.89. The molecule has 0 bridgehead atoms. The van der Waals surface area contributed by atoms with Crippen molar-refractivity contribution in [1.29, 1.82) is 0 Å². The average Bonchev–Trinajstić information content (AvgIpc) is 2.71. The van der Waals surface area contributed by atoms with Gasteiger partial charge in [-0.15, -0.1) is 0 Å². The van der Waals surface area contributed by atoms with Crippen LogP contribution in [-0.4, -0.2) is 35.8 Å². The number of likely N-dealkylation sites (tertiary alicyclic amines) is 1. The molecule has 2 fully saturated rings. The first kappa shape index (κ1) is 10.5. The summed E-state index contributed by atoms with van der Waals surface area (Å²) < 4.78 is 0. The molecule has 0 radical (unpaired) electrons. The zero-order valence-electron chi connectivity index (χ0n) is 9.32. The van der Waals surface area contributed by atoms with Crippen LogP contribution in [0, 0.1) is 11.8 Å². The van der Waals surface area contributed by atoms with E-state index in [1.54, 1.807) is 0 Å². The van der Waals surface area contributed by atoms with E-state index in [2.05, 4.69) is 19.2 Å². The van der Waals surface area contributed by atoms with Gasteiger partial charge in [0, 0.05) is 25.6 Å². The van der Waals surface area contributed by atoms with E-state index in [1.807, 2.05) is 4.90 Å². The Morgan fingerprint density at radius 2 is 2.20 bits per heavy atom. The van der Waals surface area contributed by atoms with Crippen LogP contribution in [0.25, 0.3) is 0 Å². The molecule has 0 aromatic heterocycles. The predicted octanol–water partition coefficient (Wildman–Crippen LogP) is 0.379. The number of hydrogen-bond donors (Lipinski definition) is 1. The molecule has 4 nitrogen and oxygen atoms in total. The molecular weight excluding hydrogens is 192 g/mol. The van der Waals surface area contributed by atoms with Crippen LogP contribution >= 0.6 is 0 Å². The summed E-state index contributed by atoms with van der Waals surface area (Å²) in [4.78, 5) is 25.1. The SMILES string of the molecule is CC1CC(C)N(C(=O)C2CNC(=O)C2)C1. The van der Waals surface area contributed by atoms with E-state index in [4.69, 9.17) is 0 Å². The van der Waals surface area contributed by atoms with Gasteiger partial charge in [0.2, 0.25) is 11.8 Å². The molecule has 0 saturated carbocycles. The van der Waals surface area contributed by atoms with Crippen molar-refractivity contribution in [3.05, 3.63) is 0 Å². The van der Waals surface area contributed by atoms with Crippen LogP contribution in [0.2, 0.25) is 0 Å². The van der Waals surface area contributed by atoms with Crippen molar-refractivity contribution >= 4 is 11.8 Å². The van der Waals surface area contributed by atoms with Crippen LogP contribution in [-0.2, 0) is 9.59 Å². The lowest BCUT2D eigenvalue weighted by Crippen LogP contribution is -2.39.